The number of benzene rings is 1. The fourth-order valence-electron chi connectivity index (χ4n) is 1.81. The Hall–Kier alpha value is -2.28. The number of thiazole rings is 1. The Morgan fingerprint density at radius 2 is 2.15 bits per heavy atom. The van der Waals surface area contributed by atoms with Crippen LogP contribution in [0.1, 0.15) is 5.56 Å². The lowest BCUT2D eigenvalue weighted by Crippen LogP contribution is -2.28. The molecule has 1 aromatic heterocycles. The molecule has 2 heterocycles. The van der Waals surface area contributed by atoms with Crippen LogP contribution in [0, 0.1) is 0 Å². The fraction of sp³-hybridized carbons (Fsp3) is 0.231. The van der Waals surface area contributed by atoms with Gasteiger partial charge in [0, 0.05) is 18.1 Å². The molecule has 6 nitrogen and oxygen atoms in total. The maximum atomic E-state index is 11.7. The summed E-state index contributed by atoms with van der Waals surface area (Å²) in [6, 6.07) is 5.34. The Kier molecular flexibility index (Phi) is 3.69. The van der Waals surface area contributed by atoms with E-state index >= 15 is 0 Å². The topological polar surface area (TPSA) is 72.5 Å². The van der Waals surface area contributed by atoms with Gasteiger partial charge in [-0.25, -0.2) is 9.78 Å². The summed E-state index contributed by atoms with van der Waals surface area (Å²) in [5.74, 6) is 1.46. The summed E-state index contributed by atoms with van der Waals surface area (Å²) < 4.78 is 10.9. The second kappa shape index (κ2) is 5.79. The third-order valence-electron chi connectivity index (χ3n) is 2.71. The predicted octanol–water partition coefficient (Wildman–Crippen LogP) is 2.24. The minimum Gasteiger partial charge on any atom is -0.486 e. The molecule has 2 amide bonds. The van der Waals surface area contributed by atoms with E-state index < -0.39 is 0 Å². The van der Waals surface area contributed by atoms with Gasteiger partial charge in [0.25, 0.3) is 0 Å². The first-order valence-electron chi connectivity index (χ1n) is 6.14. The Morgan fingerprint density at radius 3 is 2.95 bits per heavy atom. The predicted molar refractivity (Wildman–Crippen MR) is 75.4 cm³/mol. The second-order valence-electron chi connectivity index (χ2n) is 4.12. The van der Waals surface area contributed by atoms with Crippen LogP contribution in [-0.4, -0.2) is 24.2 Å². The molecule has 0 spiro atoms. The summed E-state index contributed by atoms with van der Waals surface area (Å²) in [5.41, 5.74) is 0.948. The number of anilines is 1. The minimum absolute atomic E-state index is 0.283. The maximum Gasteiger partial charge on any atom is 0.321 e. The van der Waals surface area contributed by atoms with E-state index in [1.54, 1.807) is 11.6 Å². The molecule has 0 atom stereocenters. The normalized spacial score (nSPS) is 12.8. The number of urea groups is 1. The Bertz CT molecular complexity index is 601. The van der Waals surface area contributed by atoms with Crippen LogP contribution in [0.4, 0.5) is 9.93 Å². The van der Waals surface area contributed by atoms with E-state index in [0.717, 1.165) is 17.1 Å². The highest BCUT2D eigenvalue weighted by Gasteiger charge is 2.12. The van der Waals surface area contributed by atoms with Gasteiger partial charge in [-0.05, 0) is 17.7 Å². The van der Waals surface area contributed by atoms with Crippen molar-refractivity contribution < 1.29 is 14.3 Å². The lowest BCUT2D eigenvalue weighted by molar-refractivity contribution is 0.171. The van der Waals surface area contributed by atoms with Crippen molar-refractivity contribution in [1.82, 2.24) is 10.3 Å². The summed E-state index contributed by atoms with van der Waals surface area (Å²) >= 11 is 1.37. The monoisotopic (exact) mass is 291 g/mol. The number of aromatic nitrogens is 1. The van der Waals surface area contributed by atoms with Crippen LogP contribution >= 0.6 is 11.3 Å². The second-order valence-corrected chi connectivity index (χ2v) is 5.02. The van der Waals surface area contributed by atoms with Gasteiger partial charge < -0.3 is 14.8 Å². The van der Waals surface area contributed by atoms with E-state index in [-0.39, 0.29) is 6.03 Å². The van der Waals surface area contributed by atoms with Gasteiger partial charge in [-0.2, -0.15) is 0 Å². The van der Waals surface area contributed by atoms with Crippen molar-refractivity contribution in [2.45, 2.75) is 6.54 Å². The standard InChI is InChI=1S/C13H13N3O3S/c17-12(16-13-14-3-6-20-13)15-8-9-1-2-10-11(7-9)19-5-4-18-10/h1-3,6-7H,4-5,8H2,(H2,14,15,16,17). The highest BCUT2D eigenvalue weighted by atomic mass is 32.1. The fourth-order valence-corrected chi connectivity index (χ4v) is 2.33. The number of hydrogen-bond donors (Lipinski definition) is 2. The number of carbonyl (C=O) groups excluding carboxylic acids is 1. The highest BCUT2D eigenvalue weighted by molar-refractivity contribution is 7.13. The number of ether oxygens (including phenoxy) is 2. The molecule has 0 unspecified atom stereocenters. The number of hydrogen-bond acceptors (Lipinski definition) is 5. The first-order valence-corrected chi connectivity index (χ1v) is 7.02. The Labute approximate surface area is 119 Å². The van der Waals surface area contributed by atoms with Crippen LogP contribution < -0.4 is 20.1 Å². The average molecular weight is 291 g/mol. The van der Waals surface area contributed by atoms with Crippen LogP contribution in [0.2, 0.25) is 0 Å². The van der Waals surface area contributed by atoms with Crippen molar-refractivity contribution in [1.29, 1.82) is 0 Å². The molecule has 1 aliphatic rings. The van der Waals surface area contributed by atoms with Gasteiger partial charge in [0.2, 0.25) is 0 Å². The van der Waals surface area contributed by atoms with Crippen molar-refractivity contribution >= 4 is 22.5 Å². The molecule has 1 aliphatic heterocycles. The van der Waals surface area contributed by atoms with Gasteiger partial charge in [-0.1, -0.05) is 6.07 Å². The molecule has 0 bridgehead atoms. The molecule has 0 saturated carbocycles. The molecule has 0 saturated heterocycles. The van der Waals surface area contributed by atoms with E-state index in [4.69, 9.17) is 9.47 Å². The van der Waals surface area contributed by atoms with Gasteiger partial charge >= 0.3 is 6.03 Å². The molecule has 2 N–H and O–H groups in total. The quantitative estimate of drug-likeness (QED) is 0.909. The number of nitrogens with one attached hydrogen (secondary N) is 2. The van der Waals surface area contributed by atoms with Crippen LogP contribution in [0.15, 0.2) is 29.8 Å². The maximum absolute atomic E-state index is 11.7. The van der Waals surface area contributed by atoms with Gasteiger partial charge in [-0.3, -0.25) is 5.32 Å². The van der Waals surface area contributed by atoms with Crippen molar-refractivity contribution in [2.24, 2.45) is 0 Å². The first-order chi connectivity index (χ1) is 9.81. The molecule has 104 valence electrons. The van der Waals surface area contributed by atoms with Crippen molar-refractivity contribution in [3.8, 4) is 11.5 Å². The van der Waals surface area contributed by atoms with E-state index in [9.17, 15) is 4.79 Å². The van der Waals surface area contributed by atoms with Crippen LogP contribution in [0.25, 0.3) is 0 Å². The van der Waals surface area contributed by atoms with Crippen LogP contribution in [0.3, 0.4) is 0 Å². The minimum atomic E-state index is -0.283. The molecule has 0 aliphatic carbocycles. The van der Waals surface area contributed by atoms with Crippen molar-refractivity contribution in [3.05, 3.63) is 35.3 Å². The number of nitrogens with zero attached hydrogens (tertiary/aromatic N) is 1. The molecule has 2 aromatic rings. The first kappa shape index (κ1) is 12.7. The number of amides is 2. The summed E-state index contributed by atoms with van der Waals surface area (Å²) in [7, 11) is 0. The molecule has 1 aromatic carbocycles. The molecular weight excluding hydrogens is 278 g/mol. The summed E-state index contributed by atoms with van der Waals surface area (Å²) in [6.07, 6.45) is 1.64. The molecule has 20 heavy (non-hydrogen) atoms. The lowest BCUT2D eigenvalue weighted by Gasteiger charge is -2.18. The third kappa shape index (κ3) is 3.00. The number of fused-ring (bicyclic) bond motifs is 1. The number of carbonyl (C=O) groups is 1. The largest absolute Gasteiger partial charge is 0.486 e. The van der Waals surface area contributed by atoms with Crippen LogP contribution in [-0.2, 0) is 6.54 Å². The van der Waals surface area contributed by atoms with E-state index in [1.807, 2.05) is 18.2 Å². The molecular formula is C13H13N3O3S. The van der Waals surface area contributed by atoms with Gasteiger partial charge in [0.15, 0.2) is 16.6 Å². The van der Waals surface area contributed by atoms with E-state index in [2.05, 4.69) is 15.6 Å². The smallest absolute Gasteiger partial charge is 0.321 e. The highest BCUT2D eigenvalue weighted by Crippen LogP contribution is 2.30. The van der Waals surface area contributed by atoms with E-state index in [0.29, 0.717) is 24.9 Å². The zero-order valence-electron chi connectivity index (χ0n) is 10.6. The van der Waals surface area contributed by atoms with Gasteiger partial charge in [0.1, 0.15) is 13.2 Å². The zero-order chi connectivity index (χ0) is 13.8. The molecule has 0 radical (unpaired) electrons. The molecule has 3 rings (SSSR count). The van der Waals surface area contributed by atoms with Crippen molar-refractivity contribution in [2.75, 3.05) is 18.5 Å². The van der Waals surface area contributed by atoms with Crippen molar-refractivity contribution in [3.63, 3.8) is 0 Å². The summed E-state index contributed by atoms with van der Waals surface area (Å²) in [4.78, 5) is 15.6. The van der Waals surface area contributed by atoms with Crippen LogP contribution in [0.5, 0.6) is 11.5 Å². The average Bonchev–Trinajstić information content (AvgIpc) is 2.98. The third-order valence-corrected chi connectivity index (χ3v) is 3.40. The zero-order valence-corrected chi connectivity index (χ0v) is 11.4. The summed E-state index contributed by atoms with van der Waals surface area (Å²) in [6.45, 7) is 1.53. The SMILES string of the molecule is O=C(NCc1ccc2c(c1)OCCO2)Nc1nccs1. The molecule has 0 fully saturated rings. The summed E-state index contributed by atoms with van der Waals surface area (Å²) in [5, 5.41) is 7.80. The Balaban J connectivity index is 1.56. The van der Waals surface area contributed by atoms with Gasteiger partial charge in [-0.15, -0.1) is 11.3 Å². The molecule has 7 heteroatoms. The Morgan fingerprint density at radius 1 is 1.30 bits per heavy atom. The number of rotatable bonds is 3. The van der Waals surface area contributed by atoms with E-state index in [1.165, 1.54) is 11.3 Å². The lowest BCUT2D eigenvalue weighted by atomic mass is 10.2. The van der Waals surface area contributed by atoms with Gasteiger partial charge in [0.05, 0.1) is 0 Å².